The number of carbonyl (C=O) groups is 3. The van der Waals surface area contributed by atoms with E-state index in [4.69, 9.17) is 5.11 Å². The molecule has 0 bridgehead atoms. The topological polar surface area (TPSA) is 86.7 Å². The van der Waals surface area contributed by atoms with Crippen molar-refractivity contribution in [3.05, 3.63) is 41.0 Å². The number of benzene rings is 1. The van der Waals surface area contributed by atoms with Crippen molar-refractivity contribution in [2.45, 2.75) is 6.92 Å². The van der Waals surface area contributed by atoms with Crippen molar-refractivity contribution in [2.24, 2.45) is 0 Å². The van der Waals surface area contributed by atoms with Crippen LogP contribution in [0.15, 0.2) is 24.3 Å². The third-order valence-corrected chi connectivity index (χ3v) is 2.68. The van der Waals surface area contributed by atoms with Crippen LogP contribution >= 0.6 is 0 Å². The summed E-state index contributed by atoms with van der Waals surface area (Å²) in [5.41, 5.74) is 1.82. The van der Waals surface area contributed by atoms with Crippen LogP contribution in [0, 0.1) is 6.92 Å². The summed E-state index contributed by atoms with van der Waals surface area (Å²) in [5, 5.41) is 11.1. The summed E-state index contributed by atoms with van der Waals surface area (Å²) >= 11 is 0. The fourth-order valence-electron chi connectivity index (χ4n) is 1.62. The van der Waals surface area contributed by atoms with Crippen molar-refractivity contribution < 1.29 is 19.5 Å². The molecule has 0 atom stereocenters. The molecule has 0 saturated heterocycles. The fourth-order valence-corrected chi connectivity index (χ4v) is 1.62. The van der Waals surface area contributed by atoms with Crippen LogP contribution < -0.4 is 5.32 Å². The summed E-state index contributed by atoms with van der Waals surface area (Å²) in [6, 6.07) is 5.01. The number of aliphatic carboxylic acids is 1. The molecule has 1 aromatic rings. The van der Waals surface area contributed by atoms with Gasteiger partial charge in [-0.25, -0.2) is 4.79 Å². The van der Waals surface area contributed by atoms with Crippen molar-refractivity contribution in [3.8, 4) is 0 Å². The Hall–Kier alpha value is -2.63. The average Bonchev–Trinajstić information content (AvgIpc) is 2.41. The van der Waals surface area contributed by atoms with Gasteiger partial charge in [-0.05, 0) is 36.3 Å². The summed E-state index contributed by atoms with van der Waals surface area (Å²) in [5.74, 6) is -1.64. The predicted octanol–water partition coefficient (Wildman–Crippen LogP) is 0.911. The molecular formula is C15H18N2O4. The molecule has 6 nitrogen and oxygen atoms in total. The van der Waals surface area contributed by atoms with Gasteiger partial charge in [-0.15, -0.1) is 0 Å². The molecular weight excluding hydrogens is 272 g/mol. The highest BCUT2D eigenvalue weighted by atomic mass is 16.4. The van der Waals surface area contributed by atoms with E-state index < -0.39 is 5.97 Å². The minimum Gasteiger partial charge on any atom is -0.478 e. The summed E-state index contributed by atoms with van der Waals surface area (Å²) in [6.07, 6.45) is 2.42. The van der Waals surface area contributed by atoms with E-state index in [0.717, 1.165) is 11.6 Å². The Labute approximate surface area is 123 Å². The number of carbonyl (C=O) groups excluding carboxylic acids is 2. The predicted molar refractivity (Wildman–Crippen MR) is 78.9 cm³/mol. The summed E-state index contributed by atoms with van der Waals surface area (Å²) in [6.45, 7) is 1.72. The molecule has 2 N–H and O–H groups in total. The molecule has 0 saturated carbocycles. The lowest BCUT2D eigenvalue weighted by Crippen LogP contribution is -2.36. The number of likely N-dealkylation sites (N-methyl/N-ethyl adjacent to an activating group) is 1. The number of carboxylic acid groups (broad SMARTS) is 1. The molecule has 0 radical (unpaired) electrons. The molecule has 0 heterocycles. The van der Waals surface area contributed by atoms with E-state index in [1.165, 1.54) is 11.0 Å². The summed E-state index contributed by atoms with van der Waals surface area (Å²) in [7, 11) is 3.21. The first-order valence-electron chi connectivity index (χ1n) is 6.30. The Morgan fingerprint density at radius 1 is 1.24 bits per heavy atom. The quantitative estimate of drug-likeness (QED) is 0.789. The van der Waals surface area contributed by atoms with Gasteiger partial charge in [-0.1, -0.05) is 6.07 Å². The van der Waals surface area contributed by atoms with Gasteiger partial charge in [-0.2, -0.15) is 0 Å². The maximum absolute atomic E-state index is 12.0. The van der Waals surface area contributed by atoms with E-state index >= 15 is 0 Å². The average molecular weight is 290 g/mol. The fraction of sp³-hybridized carbons (Fsp3) is 0.267. The lowest BCUT2D eigenvalue weighted by Gasteiger charge is -2.11. The lowest BCUT2D eigenvalue weighted by molar-refractivity contribution is -0.131. The molecule has 1 aromatic carbocycles. The normalized spacial score (nSPS) is 10.4. The second-order valence-electron chi connectivity index (χ2n) is 4.77. The monoisotopic (exact) mass is 290 g/mol. The highest BCUT2D eigenvalue weighted by Crippen LogP contribution is 2.11. The van der Waals surface area contributed by atoms with E-state index in [0.29, 0.717) is 11.1 Å². The van der Waals surface area contributed by atoms with Crippen LogP contribution in [0.4, 0.5) is 0 Å². The van der Waals surface area contributed by atoms with Crippen molar-refractivity contribution in [3.63, 3.8) is 0 Å². The molecule has 6 heteroatoms. The lowest BCUT2D eigenvalue weighted by atomic mass is 10.1. The number of aryl methyl sites for hydroxylation is 1. The third-order valence-electron chi connectivity index (χ3n) is 2.68. The van der Waals surface area contributed by atoms with Gasteiger partial charge in [0.1, 0.15) is 0 Å². The van der Waals surface area contributed by atoms with Crippen molar-refractivity contribution in [1.82, 2.24) is 10.2 Å². The van der Waals surface area contributed by atoms with Gasteiger partial charge >= 0.3 is 5.97 Å². The van der Waals surface area contributed by atoms with Gasteiger partial charge < -0.3 is 15.3 Å². The Morgan fingerprint density at radius 2 is 1.90 bits per heavy atom. The van der Waals surface area contributed by atoms with Crippen LogP contribution in [0.5, 0.6) is 0 Å². The third kappa shape index (κ3) is 5.48. The van der Waals surface area contributed by atoms with Crippen LogP contribution in [-0.4, -0.2) is 48.4 Å². The minimum atomic E-state index is -1.06. The van der Waals surface area contributed by atoms with Gasteiger partial charge in [0.15, 0.2) is 0 Å². The van der Waals surface area contributed by atoms with Crippen LogP contribution in [0.25, 0.3) is 6.08 Å². The van der Waals surface area contributed by atoms with E-state index in [9.17, 15) is 14.4 Å². The Kier molecular flexibility index (Phi) is 5.66. The molecule has 0 unspecified atom stereocenters. The van der Waals surface area contributed by atoms with E-state index in [1.807, 2.05) is 0 Å². The molecule has 0 aliphatic carbocycles. The Balaban J connectivity index is 2.85. The van der Waals surface area contributed by atoms with Gasteiger partial charge in [-0.3, -0.25) is 9.59 Å². The highest BCUT2D eigenvalue weighted by molar-refractivity contribution is 5.97. The second-order valence-corrected chi connectivity index (χ2v) is 4.77. The highest BCUT2D eigenvalue weighted by Gasteiger charge is 2.10. The van der Waals surface area contributed by atoms with Crippen molar-refractivity contribution >= 4 is 23.9 Å². The van der Waals surface area contributed by atoms with Gasteiger partial charge in [0.25, 0.3) is 5.91 Å². The number of amides is 2. The molecule has 21 heavy (non-hydrogen) atoms. The molecule has 0 aliphatic rings. The van der Waals surface area contributed by atoms with Crippen LogP contribution in [-0.2, 0) is 9.59 Å². The van der Waals surface area contributed by atoms with E-state index in [-0.39, 0.29) is 18.4 Å². The largest absolute Gasteiger partial charge is 0.478 e. The number of carboxylic acids is 1. The van der Waals surface area contributed by atoms with Gasteiger partial charge in [0.2, 0.25) is 5.91 Å². The van der Waals surface area contributed by atoms with Crippen LogP contribution in [0.2, 0.25) is 0 Å². The van der Waals surface area contributed by atoms with Crippen LogP contribution in [0.3, 0.4) is 0 Å². The Bertz CT molecular complexity index is 591. The summed E-state index contributed by atoms with van der Waals surface area (Å²) in [4.78, 5) is 35.3. The second kappa shape index (κ2) is 7.23. The van der Waals surface area contributed by atoms with Gasteiger partial charge in [0.05, 0.1) is 6.54 Å². The SMILES string of the molecule is Cc1cc(/C=C/C(=O)O)cc(C(=O)NCC(=O)N(C)C)c1. The standard InChI is InChI=1S/C15H18N2O4/c1-10-6-11(4-5-14(19)20)8-12(7-10)15(21)16-9-13(18)17(2)3/h4-8H,9H2,1-3H3,(H,16,21)(H,19,20)/b5-4+. The maximum Gasteiger partial charge on any atom is 0.328 e. The molecule has 0 aliphatic heterocycles. The van der Waals surface area contributed by atoms with Gasteiger partial charge in [0, 0.05) is 25.7 Å². The number of hydrogen-bond donors (Lipinski definition) is 2. The molecule has 1 rings (SSSR count). The van der Waals surface area contributed by atoms with Crippen molar-refractivity contribution in [1.29, 1.82) is 0 Å². The smallest absolute Gasteiger partial charge is 0.328 e. The number of nitrogens with zero attached hydrogens (tertiary/aromatic N) is 1. The summed E-state index contributed by atoms with van der Waals surface area (Å²) < 4.78 is 0. The molecule has 112 valence electrons. The molecule has 2 amide bonds. The first-order valence-corrected chi connectivity index (χ1v) is 6.30. The van der Waals surface area contributed by atoms with Crippen LogP contribution in [0.1, 0.15) is 21.5 Å². The zero-order chi connectivity index (χ0) is 16.0. The Morgan fingerprint density at radius 3 is 2.48 bits per heavy atom. The number of nitrogens with one attached hydrogen (secondary N) is 1. The maximum atomic E-state index is 12.0. The number of hydrogen-bond acceptors (Lipinski definition) is 3. The first kappa shape index (κ1) is 16.4. The molecule has 0 spiro atoms. The zero-order valence-electron chi connectivity index (χ0n) is 12.2. The van der Waals surface area contributed by atoms with E-state index in [2.05, 4.69) is 5.32 Å². The van der Waals surface area contributed by atoms with Crippen molar-refractivity contribution in [2.75, 3.05) is 20.6 Å². The van der Waals surface area contributed by atoms with E-state index in [1.54, 1.807) is 39.2 Å². The first-order chi connectivity index (χ1) is 9.79. The minimum absolute atomic E-state index is 0.0833. The number of rotatable bonds is 5. The molecule has 0 fully saturated rings. The zero-order valence-corrected chi connectivity index (χ0v) is 12.2. The molecule has 0 aromatic heterocycles.